The monoisotopic (exact) mass is 194 g/mol. The minimum absolute atomic E-state index is 1.02. The summed E-state index contributed by atoms with van der Waals surface area (Å²) in [5.74, 6) is 0. The van der Waals surface area contributed by atoms with Crippen molar-refractivity contribution in [3.63, 3.8) is 0 Å². The van der Waals surface area contributed by atoms with Gasteiger partial charge in [-0.05, 0) is 35.9 Å². The Morgan fingerprint density at radius 1 is 1.07 bits per heavy atom. The van der Waals surface area contributed by atoms with E-state index in [-0.39, 0.29) is 0 Å². The van der Waals surface area contributed by atoms with Gasteiger partial charge in [-0.2, -0.15) is 0 Å². The first-order chi connectivity index (χ1) is 7.29. The van der Waals surface area contributed by atoms with Gasteiger partial charge in [-0.25, -0.2) is 0 Å². The van der Waals surface area contributed by atoms with Crippen LogP contribution in [0.15, 0.2) is 30.6 Å². The summed E-state index contributed by atoms with van der Waals surface area (Å²) in [6.07, 6.45) is 3.62. The number of hydrogen-bond acceptors (Lipinski definition) is 2. The lowest BCUT2D eigenvalue weighted by atomic mass is 10.2. The van der Waals surface area contributed by atoms with Gasteiger partial charge in [0.25, 0.3) is 0 Å². The van der Waals surface area contributed by atoms with Crippen LogP contribution in [0.25, 0.3) is 23.4 Å². The van der Waals surface area contributed by atoms with Gasteiger partial charge in [-0.3, -0.25) is 9.97 Å². The van der Waals surface area contributed by atoms with E-state index in [2.05, 4.69) is 29.5 Å². The Morgan fingerprint density at radius 3 is 2.73 bits per heavy atom. The summed E-state index contributed by atoms with van der Waals surface area (Å²) in [7, 11) is 0. The van der Waals surface area contributed by atoms with Crippen LogP contribution in [0, 0.1) is 0 Å². The first-order valence-corrected chi connectivity index (χ1v) is 4.89. The molecule has 15 heavy (non-hydrogen) atoms. The molecule has 0 radical (unpaired) electrons. The van der Waals surface area contributed by atoms with Crippen LogP contribution < -0.4 is 10.4 Å². The minimum Gasteiger partial charge on any atom is -0.256 e. The molecule has 2 aromatic heterocycles. The van der Waals surface area contributed by atoms with Gasteiger partial charge in [0.2, 0.25) is 0 Å². The number of aromatic nitrogens is 2. The summed E-state index contributed by atoms with van der Waals surface area (Å²) < 4.78 is 0. The van der Waals surface area contributed by atoms with Gasteiger partial charge >= 0.3 is 0 Å². The highest BCUT2D eigenvalue weighted by Crippen LogP contribution is 2.26. The Hall–Kier alpha value is -1.96. The maximum atomic E-state index is 4.41. The standard InChI is InChI=1S/C13H10N2/c1-8-5-7-15-13-10-4-3-6-14-12(10)9(2)11(8)13/h3-7H,1H2,2H3. The fourth-order valence-corrected chi connectivity index (χ4v) is 2.14. The molecule has 2 heterocycles. The molecule has 0 N–H and O–H groups in total. The molecular weight excluding hydrogens is 184 g/mol. The van der Waals surface area contributed by atoms with E-state index in [1.165, 1.54) is 5.57 Å². The van der Waals surface area contributed by atoms with Gasteiger partial charge in [-0.1, -0.05) is 6.58 Å². The second-order valence-electron chi connectivity index (χ2n) is 3.72. The van der Waals surface area contributed by atoms with Crippen LogP contribution in [0.4, 0.5) is 0 Å². The highest BCUT2D eigenvalue weighted by atomic mass is 14.7. The molecule has 0 saturated carbocycles. The summed E-state index contributed by atoms with van der Waals surface area (Å²) in [4.78, 5) is 8.80. The van der Waals surface area contributed by atoms with E-state index < -0.39 is 0 Å². The largest absolute Gasteiger partial charge is 0.256 e. The lowest BCUT2D eigenvalue weighted by Gasteiger charge is -1.98. The lowest BCUT2D eigenvalue weighted by molar-refractivity contribution is 1.26. The Morgan fingerprint density at radius 2 is 1.87 bits per heavy atom. The van der Waals surface area contributed by atoms with Crippen molar-refractivity contribution in [1.29, 1.82) is 0 Å². The van der Waals surface area contributed by atoms with Crippen molar-refractivity contribution in [2.45, 2.75) is 6.92 Å². The molecule has 3 rings (SSSR count). The number of pyridine rings is 2. The summed E-state index contributed by atoms with van der Waals surface area (Å²) in [5.41, 5.74) is 4.36. The minimum atomic E-state index is 1.02. The number of rotatable bonds is 0. The molecule has 0 atom stereocenters. The zero-order valence-corrected chi connectivity index (χ0v) is 8.49. The molecule has 0 bridgehead atoms. The quantitative estimate of drug-likeness (QED) is 0.627. The second-order valence-corrected chi connectivity index (χ2v) is 3.72. The van der Waals surface area contributed by atoms with Crippen molar-refractivity contribution < 1.29 is 0 Å². The van der Waals surface area contributed by atoms with E-state index in [0.29, 0.717) is 0 Å². The van der Waals surface area contributed by atoms with Crippen LogP contribution >= 0.6 is 0 Å². The third kappa shape index (κ3) is 0.988. The predicted molar refractivity (Wildman–Crippen MR) is 60.4 cm³/mol. The van der Waals surface area contributed by atoms with Gasteiger partial charge in [0.15, 0.2) is 0 Å². The number of hydrogen-bond donors (Lipinski definition) is 0. The topological polar surface area (TPSA) is 25.8 Å². The Bertz CT molecular complexity index is 656. The zero-order valence-electron chi connectivity index (χ0n) is 8.49. The first-order valence-electron chi connectivity index (χ1n) is 4.89. The summed E-state index contributed by atoms with van der Waals surface area (Å²) >= 11 is 0. The molecule has 72 valence electrons. The highest BCUT2D eigenvalue weighted by Gasteiger charge is 2.18. The Labute approximate surface area is 87.6 Å². The fraction of sp³-hybridized carbons (Fsp3) is 0.0769. The van der Waals surface area contributed by atoms with Crippen LogP contribution in [0.1, 0.15) is 12.6 Å². The van der Waals surface area contributed by atoms with E-state index in [4.69, 9.17) is 0 Å². The van der Waals surface area contributed by atoms with Crippen molar-refractivity contribution in [2.75, 3.05) is 0 Å². The van der Waals surface area contributed by atoms with Gasteiger partial charge in [0, 0.05) is 23.2 Å². The molecule has 0 fully saturated rings. The predicted octanol–water partition coefficient (Wildman–Crippen LogP) is 1.09. The van der Waals surface area contributed by atoms with Crippen molar-refractivity contribution in [3.8, 4) is 11.3 Å². The van der Waals surface area contributed by atoms with Crippen LogP contribution in [0.3, 0.4) is 0 Å². The summed E-state index contributed by atoms with van der Waals surface area (Å²) in [5, 5.41) is 2.17. The maximum absolute atomic E-state index is 4.41. The fourth-order valence-electron chi connectivity index (χ4n) is 2.14. The van der Waals surface area contributed by atoms with Crippen LogP contribution in [-0.4, -0.2) is 9.97 Å². The average Bonchev–Trinajstić information content (AvgIpc) is 2.55. The van der Waals surface area contributed by atoms with Crippen molar-refractivity contribution >= 4 is 12.2 Å². The van der Waals surface area contributed by atoms with Gasteiger partial charge in [0.1, 0.15) is 0 Å². The van der Waals surface area contributed by atoms with Crippen molar-refractivity contribution in [1.82, 2.24) is 9.97 Å². The molecule has 0 unspecified atom stereocenters. The van der Waals surface area contributed by atoms with E-state index in [0.717, 1.165) is 27.4 Å². The van der Waals surface area contributed by atoms with E-state index in [9.17, 15) is 0 Å². The zero-order chi connectivity index (χ0) is 10.4. The first kappa shape index (κ1) is 8.36. The molecule has 0 saturated heterocycles. The van der Waals surface area contributed by atoms with Gasteiger partial charge in [-0.15, -0.1) is 0 Å². The molecule has 0 spiro atoms. The van der Waals surface area contributed by atoms with E-state index in [1.807, 2.05) is 18.3 Å². The molecule has 2 aromatic rings. The molecule has 2 heteroatoms. The molecule has 2 nitrogen and oxygen atoms in total. The van der Waals surface area contributed by atoms with Crippen molar-refractivity contribution in [3.05, 3.63) is 46.7 Å². The number of nitrogens with zero attached hydrogens (tertiary/aromatic N) is 2. The third-order valence-corrected chi connectivity index (χ3v) is 2.83. The van der Waals surface area contributed by atoms with Crippen LogP contribution in [0.5, 0.6) is 0 Å². The third-order valence-electron chi connectivity index (χ3n) is 2.83. The lowest BCUT2D eigenvalue weighted by Crippen LogP contribution is -2.25. The molecule has 0 aliphatic heterocycles. The summed E-state index contributed by atoms with van der Waals surface area (Å²) in [6.45, 7) is 6.11. The highest BCUT2D eigenvalue weighted by molar-refractivity contribution is 5.84. The molecule has 1 aliphatic carbocycles. The van der Waals surface area contributed by atoms with E-state index >= 15 is 0 Å². The van der Waals surface area contributed by atoms with Crippen LogP contribution in [-0.2, 0) is 0 Å². The average molecular weight is 194 g/mol. The molecule has 0 amide bonds. The SMILES string of the molecule is C=c1ccnc2c1=C(C)c1ncccc1-2. The molecule has 1 aliphatic rings. The Balaban J connectivity index is 2.58. The second kappa shape index (κ2) is 2.76. The van der Waals surface area contributed by atoms with Crippen molar-refractivity contribution in [2.24, 2.45) is 0 Å². The van der Waals surface area contributed by atoms with E-state index in [1.54, 1.807) is 6.20 Å². The summed E-state index contributed by atoms with van der Waals surface area (Å²) in [6, 6.07) is 5.94. The smallest absolute Gasteiger partial charge is 0.0805 e. The number of fused-ring (bicyclic) bond motifs is 3. The molecular formula is C13H10N2. The normalized spacial score (nSPS) is 12.5. The van der Waals surface area contributed by atoms with Gasteiger partial charge < -0.3 is 0 Å². The molecule has 0 aromatic carbocycles. The van der Waals surface area contributed by atoms with Crippen LogP contribution in [0.2, 0.25) is 0 Å². The maximum Gasteiger partial charge on any atom is 0.0805 e. The Kier molecular flexibility index (Phi) is 1.54. The van der Waals surface area contributed by atoms with Gasteiger partial charge in [0.05, 0.1) is 11.4 Å².